The topological polar surface area (TPSA) is 47.0 Å². The maximum Gasteiger partial charge on any atom is 0.416 e. The molecule has 1 aromatic carbocycles. The summed E-state index contributed by atoms with van der Waals surface area (Å²) in [5, 5.41) is 2.72. The Balaban J connectivity index is 2.35. The third-order valence-corrected chi connectivity index (χ3v) is 3.68. The highest BCUT2D eigenvalue weighted by Crippen LogP contribution is 2.35. The standard InChI is InChI=1S/C12H8Br2F3N3O/c1-21-10-8(14)5-18-11(20-10)19-9-4-6(12(15,16)17)2-3-7(9)13/h2-5H,1H3,(H,18,19,20). The number of nitrogens with zero attached hydrogens (tertiary/aromatic N) is 2. The number of hydrogen-bond acceptors (Lipinski definition) is 4. The molecule has 0 aliphatic heterocycles. The minimum Gasteiger partial charge on any atom is -0.480 e. The third kappa shape index (κ3) is 3.85. The first-order chi connectivity index (χ1) is 9.81. The van der Waals surface area contributed by atoms with Crippen LogP contribution in [0.25, 0.3) is 0 Å². The summed E-state index contributed by atoms with van der Waals surface area (Å²) in [6.45, 7) is 0. The van der Waals surface area contributed by atoms with Crippen molar-refractivity contribution < 1.29 is 17.9 Å². The summed E-state index contributed by atoms with van der Waals surface area (Å²) >= 11 is 6.37. The first-order valence-electron chi connectivity index (χ1n) is 5.51. The van der Waals surface area contributed by atoms with Gasteiger partial charge in [-0.05, 0) is 50.1 Å². The van der Waals surface area contributed by atoms with E-state index >= 15 is 0 Å². The predicted octanol–water partition coefficient (Wildman–Crippen LogP) is 4.77. The largest absolute Gasteiger partial charge is 0.480 e. The lowest BCUT2D eigenvalue weighted by molar-refractivity contribution is -0.137. The maximum atomic E-state index is 12.7. The van der Waals surface area contributed by atoms with Gasteiger partial charge in [0.15, 0.2) is 0 Å². The third-order valence-electron chi connectivity index (χ3n) is 2.45. The second-order valence-corrected chi connectivity index (χ2v) is 5.58. The van der Waals surface area contributed by atoms with Crippen molar-refractivity contribution in [3.8, 4) is 5.88 Å². The van der Waals surface area contributed by atoms with Gasteiger partial charge in [0.2, 0.25) is 11.8 Å². The lowest BCUT2D eigenvalue weighted by Gasteiger charge is -2.12. The van der Waals surface area contributed by atoms with Crippen molar-refractivity contribution in [3.63, 3.8) is 0 Å². The highest BCUT2D eigenvalue weighted by molar-refractivity contribution is 9.11. The molecule has 0 saturated heterocycles. The number of nitrogens with one attached hydrogen (secondary N) is 1. The van der Waals surface area contributed by atoms with Crippen molar-refractivity contribution >= 4 is 43.5 Å². The number of anilines is 2. The Bertz CT molecular complexity index is 665. The van der Waals surface area contributed by atoms with Crippen LogP contribution in [-0.2, 0) is 6.18 Å². The summed E-state index contributed by atoms with van der Waals surface area (Å²) in [5.74, 6) is 0.394. The Kier molecular flexibility index (Phi) is 4.72. The van der Waals surface area contributed by atoms with Gasteiger partial charge in [0, 0.05) is 4.47 Å². The Morgan fingerprint density at radius 2 is 1.90 bits per heavy atom. The minimum atomic E-state index is -4.42. The van der Waals surface area contributed by atoms with E-state index in [0.717, 1.165) is 12.1 Å². The van der Waals surface area contributed by atoms with Gasteiger partial charge in [0.1, 0.15) is 0 Å². The molecule has 9 heteroatoms. The van der Waals surface area contributed by atoms with Gasteiger partial charge < -0.3 is 10.1 Å². The zero-order valence-corrected chi connectivity index (χ0v) is 13.7. The first-order valence-corrected chi connectivity index (χ1v) is 7.10. The van der Waals surface area contributed by atoms with E-state index in [9.17, 15) is 13.2 Å². The van der Waals surface area contributed by atoms with E-state index in [1.807, 2.05) is 0 Å². The molecule has 2 rings (SSSR count). The average Bonchev–Trinajstić information content (AvgIpc) is 2.42. The second-order valence-electron chi connectivity index (χ2n) is 3.87. The number of alkyl halides is 3. The normalized spacial score (nSPS) is 11.3. The van der Waals surface area contributed by atoms with E-state index in [0.29, 0.717) is 8.95 Å². The van der Waals surface area contributed by atoms with E-state index in [1.165, 1.54) is 19.4 Å². The molecule has 1 N–H and O–H groups in total. The summed E-state index contributed by atoms with van der Waals surface area (Å²) in [6.07, 6.45) is -2.98. The fourth-order valence-corrected chi connectivity index (χ4v) is 2.17. The zero-order valence-electron chi connectivity index (χ0n) is 10.5. The van der Waals surface area contributed by atoms with Gasteiger partial charge in [-0.25, -0.2) is 4.98 Å². The van der Waals surface area contributed by atoms with Crippen molar-refractivity contribution in [1.82, 2.24) is 9.97 Å². The van der Waals surface area contributed by atoms with Crippen LogP contribution in [0, 0.1) is 0 Å². The Morgan fingerprint density at radius 3 is 2.52 bits per heavy atom. The van der Waals surface area contributed by atoms with Gasteiger partial charge in [-0.15, -0.1) is 0 Å². The quantitative estimate of drug-likeness (QED) is 0.767. The summed E-state index contributed by atoms with van der Waals surface area (Å²) < 4.78 is 44.1. The van der Waals surface area contributed by atoms with Crippen molar-refractivity contribution in [2.45, 2.75) is 6.18 Å². The molecule has 0 aliphatic carbocycles. The zero-order chi connectivity index (χ0) is 15.6. The monoisotopic (exact) mass is 425 g/mol. The van der Waals surface area contributed by atoms with Crippen molar-refractivity contribution in [2.75, 3.05) is 12.4 Å². The second kappa shape index (κ2) is 6.18. The Morgan fingerprint density at radius 1 is 1.19 bits per heavy atom. The molecule has 21 heavy (non-hydrogen) atoms. The summed E-state index contributed by atoms with van der Waals surface area (Å²) in [5.41, 5.74) is -0.563. The lowest BCUT2D eigenvalue weighted by Crippen LogP contribution is -2.06. The fraction of sp³-hybridized carbons (Fsp3) is 0.167. The predicted molar refractivity (Wildman–Crippen MR) is 78.7 cm³/mol. The Hall–Kier alpha value is -1.35. The van der Waals surface area contributed by atoms with Crippen LogP contribution in [0.1, 0.15) is 5.56 Å². The molecule has 0 spiro atoms. The van der Waals surface area contributed by atoms with Crippen LogP contribution in [0.15, 0.2) is 33.3 Å². The van der Waals surface area contributed by atoms with Crippen molar-refractivity contribution in [3.05, 3.63) is 38.9 Å². The number of halogens is 5. The molecule has 112 valence electrons. The molecular formula is C12H8Br2F3N3O. The molecule has 0 fully saturated rings. The highest BCUT2D eigenvalue weighted by Gasteiger charge is 2.31. The molecule has 0 amide bonds. The number of methoxy groups -OCH3 is 1. The van der Waals surface area contributed by atoms with Crippen LogP contribution in [0.5, 0.6) is 5.88 Å². The van der Waals surface area contributed by atoms with Crippen LogP contribution >= 0.6 is 31.9 Å². The summed E-state index contributed by atoms with van der Waals surface area (Å²) in [4.78, 5) is 7.99. The molecule has 1 heterocycles. The molecule has 2 aromatic rings. The van der Waals surface area contributed by atoms with Gasteiger partial charge in [-0.3, -0.25) is 0 Å². The maximum absolute atomic E-state index is 12.7. The molecule has 0 saturated carbocycles. The summed E-state index contributed by atoms with van der Waals surface area (Å²) in [6, 6.07) is 3.27. The summed E-state index contributed by atoms with van der Waals surface area (Å²) in [7, 11) is 1.43. The van der Waals surface area contributed by atoms with E-state index < -0.39 is 11.7 Å². The van der Waals surface area contributed by atoms with Gasteiger partial charge in [-0.2, -0.15) is 18.2 Å². The van der Waals surface area contributed by atoms with Crippen LogP contribution in [0.2, 0.25) is 0 Å². The van der Waals surface area contributed by atoms with Gasteiger partial charge >= 0.3 is 6.18 Å². The number of ether oxygens (including phenoxy) is 1. The number of rotatable bonds is 3. The van der Waals surface area contributed by atoms with Crippen LogP contribution in [0.4, 0.5) is 24.8 Å². The van der Waals surface area contributed by atoms with Gasteiger partial charge in [0.25, 0.3) is 0 Å². The van der Waals surface area contributed by atoms with Crippen LogP contribution in [-0.4, -0.2) is 17.1 Å². The van der Waals surface area contributed by atoms with E-state index in [4.69, 9.17) is 4.74 Å². The Labute approximate surface area is 135 Å². The molecule has 4 nitrogen and oxygen atoms in total. The molecule has 0 atom stereocenters. The molecular weight excluding hydrogens is 419 g/mol. The number of benzene rings is 1. The first kappa shape index (κ1) is 16.0. The molecule has 0 bridgehead atoms. The van der Waals surface area contributed by atoms with E-state index in [1.54, 1.807) is 0 Å². The SMILES string of the molecule is COc1nc(Nc2cc(C(F)(F)F)ccc2Br)ncc1Br. The molecule has 0 aliphatic rings. The average molecular weight is 427 g/mol. The highest BCUT2D eigenvalue weighted by atomic mass is 79.9. The fourth-order valence-electron chi connectivity index (χ4n) is 1.47. The molecule has 0 radical (unpaired) electrons. The minimum absolute atomic E-state index is 0.120. The smallest absolute Gasteiger partial charge is 0.416 e. The van der Waals surface area contributed by atoms with E-state index in [-0.39, 0.29) is 17.5 Å². The van der Waals surface area contributed by atoms with E-state index in [2.05, 4.69) is 47.1 Å². The van der Waals surface area contributed by atoms with Crippen molar-refractivity contribution in [2.24, 2.45) is 0 Å². The number of aromatic nitrogens is 2. The van der Waals surface area contributed by atoms with Gasteiger partial charge in [0.05, 0.1) is 29.0 Å². The number of hydrogen-bond donors (Lipinski definition) is 1. The van der Waals surface area contributed by atoms with Gasteiger partial charge in [-0.1, -0.05) is 0 Å². The van der Waals surface area contributed by atoms with Crippen molar-refractivity contribution in [1.29, 1.82) is 0 Å². The molecule has 1 aromatic heterocycles. The van der Waals surface area contributed by atoms with Crippen LogP contribution in [0.3, 0.4) is 0 Å². The molecule has 0 unspecified atom stereocenters. The van der Waals surface area contributed by atoms with Crippen LogP contribution < -0.4 is 10.1 Å². The lowest BCUT2D eigenvalue weighted by atomic mass is 10.2.